The van der Waals surface area contributed by atoms with Gasteiger partial charge in [0.15, 0.2) is 11.1 Å². The van der Waals surface area contributed by atoms with Gasteiger partial charge in [-0.05, 0) is 30.2 Å². The number of aromatic amines is 1. The van der Waals surface area contributed by atoms with Crippen molar-refractivity contribution in [2.24, 2.45) is 0 Å². The summed E-state index contributed by atoms with van der Waals surface area (Å²) in [6.07, 6.45) is 2.58. The van der Waals surface area contributed by atoms with Crippen molar-refractivity contribution in [3.63, 3.8) is 0 Å². The number of aromatic nitrogens is 1. The molecule has 6 heteroatoms. The van der Waals surface area contributed by atoms with Crippen molar-refractivity contribution in [3.05, 3.63) is 60.3 Å². The monoisotopic (exact) mass is 397 g/mol. The van der Waals surface area contributed by atoms with Gasteiger partial charge in [0.25, 0.3) is 0 Å². The van der Waals surface area contributed by atoms with Gasteiger partial charge in [-0.15, -0.1) is 0 Å². The van der Waals surface area contributed by atoms with Gasteiger partial charge >= 0.3 is 0 Å². The van der Waals surface area contributed by atoms with Gasteiger partial charge in [-0.3, -0.25) is 0 Å². The second-order valence-electron chi connectivity index (χ2n) is 7.50. The SMILES string of the molecule is CCc1ccc2[nH+]cc(S(=O)(=O)c3ccccc3)c(N3CC[NH+](C)CC3)c2c1. The van der Waals surface area contributed by atoms with Crippen LogP contribution in [0, 0.1) is 0 Å². The molecule has 3 aromatic rings. The lowest BCUT2D eigenvalue weighted by Gasteiger charge is -2.33. The van der Waals surface area contributed by atoms with Crippen LogP contribution in [0.3, 0.4) is 0 Å². The summed E-state index contributed by atoms with van der Waals surface area (Å²) >= 11 is 0. The Morgan fingerprint density at radius 2 is 1.79 bits per heavy atom. The van der Waals surface area contributed by atoms with Gasteiger partial charge in [-0.1, -0.05) is 31.2 Å². The predicted octanol–water partition coefficient (Wildman–Crippen LogP) is 1.38. The number of hydrogen-bond donors (Lipinski definition) is 1. The minimum atomic E-state index is -3.62. The Balaban J connectivity index is 1.96. The number of nitrogens with one attached hydrogen (secondary N) is 2. The highest BCUT2D eigenvalue weighted by Gasteiger charge is 2.31. The number of anilines is 1. The van der Waals surface area contributed by atoms with Crippen LogP contribution < -0.4 is 14.8 Å². The lowest BCUT2D eigenvalue weighted by molar-refractivity contribution is -0.880. The van der Waals surface area contributed by atoms with Crippen molar-refractivity contribution in [2.45, 2.75) is 23.1 Å². The smallest absolute Gasteiger partial charge is 0.214 e. The molecule has 1 saturated heterocycles. The maximum absolute atomic E-state index is 13.5. The van der Waals surface area contributed by atoms with Crippen molar-refractivity contribution in [1.82, 2.24) is 0 Å². The van der Waals surface area contributed by atoms with Crippen molar-refractivity contribution < 1.29 is 18.3 Å². The fraction of sp³-hybridized carbons (Fsp3) is 0.318. The van der Waals surface area contributed by atoms with E-state index in [2.05, 4.69) is 42.1 Å². The molecule has 1 aliphatic heterocycles. The molecule has 146 valence electrons. The molecular formula is C22H27N3O2S+2. The van der Waals surface area contributed by atoms with E-state index in [4.69, 9.17) is 0 Å². The number of pyridine rings is 1. The molecule has 2 aromatic carbocycles. The van der Waals surface area contributed by atoms with Crippen LogP contribution in [-0.2, 0) is 16.3 Å². The highest BCUT2D eigenvalue weighted by molar-refractivity contribution is 7.91. The van der Waals surface area contributed by atoms with Crippen LogP contribution in [0.4, 0.5) is 5.69 Å². The molecule has 1 aliphatic rings. The number of nitrogens with zero attached hydrogens (tertiary/aromatic N) is 1. The average molecular weight is 398 g/mol. The van der Waals surface area contributed by atoms with Gasteiger partial charge in [0, 0.05) is 6.07 Å². The maximum Gasteiger partial charge on any atom is 0.214 e. The van der Waals surface area contributed by atoms with E-state index in [1.807, 2.05) is 6.07 Å². The van der Waals surface area contributed by atoms with E-state index in [1.54, 1.807) is 30.5 Å². The summed E-state index contributed by atoms with van der Waals surface area (Å²) in [6.45, 7) is 5.81. The number of rotatable bonds is 4. The summed E-state index contributed by atoms with van der Waals surface area (Å²) in [5.41, 5.74) is 3.00. The highest BCUT2D eigenvalue weighted by Crippen LogP contribution is 2.35. The fourth-order valence-corrected chi connectivity index (χ4v) is 5.32. The molecule has 0 unspecified atom stereocenters. The van der Waals surface area contributed by atoms with E-state index in [0.717, 1.165) is 49.2 Å². The number of fused-ring (bicyclic) bond motifs is 1. The predicted molar refractivity (Wildman–Crippen MR) is 111 cm³/mol. The van der Waals surface area contributed by atoms with Gasteiger partial charge in [0.05, 0.1) is 49.2 Å². The first kappa shape index (κ1) is 18.9. The molecule has 2 heterocycles. The van der Waals surface area contributed by atoms with E-state index >= 15 is 0 Å². The standard InChI is InChI=1S/C22H25N3O2S/c1-3-17-9-10-20-19(15-17)22(25-13-11-24(2)12-14-25)21(16-23-20)28(26,27)18-7-5-4-6-8-18/h4-10,15-16H,3,11-14H2,1-2H3/p+2. The lowest BCUT2D eigenvalue weighted by atomic mass is 10.1. The van der Waals surface area contributed by atoms with Crippen molar-refractivity contribution in [2.75, 3.05) is 38.1 Å². The number of quaternary nitrogens is 1. The summed E-state index contributed by atoms with van der Waals surface area (Å²) in [4.78, 5) is 7.64. The largest absolute Gasteiger partial charge is 0.358 e. The topological polar surface area (TPSA) is 56.0 Å². The molecule has 0 atom stereocenters. The normalized spacial score (nSPS) is 15.9. The summed E-state index contributed by atoms with van der Waals surface area (Å²) < 4.78 is 27.0. The van der Waals surface area contributed by atoms with Crippen molar-refractivity contribution in [3.8, 4) is 0 Å². The fourth-order valence-electron chi connectivity index (χ4n) is 3.85. The zero-order chi connectivity index (χ0) is 19.7. The summed E-state index contributed by atoms with van der Waals surface area (Å²) in [5, 5.41) is 0.982. The second-order valence-corrected chi connectivity index (χ2v) is 9.41. The van der Waals surface area contributed by atoms with Crippen molar-refractivity contribution in [1.29, 1.82) is 0 Å². The quantitative estimate of drug-likeness (QED) is 0.724. The van der Waals surface area contributed by atoms with Crippen LogP contribution >= 0.6 is 0 Å². The molecule has 5 nitrogen and oxygen atoms in total. The number of H-pyrrole nitrogens is 1. The van der Waals surface area contributed by atoms with E-state index < -0.39 is 9.84 Å². The van der Waals surface area contributed by atoms with E-state index in [0.29, 0.717) is 9.79 Å². The average Bonchev–Trinajstić information content (AvgIpc) is 2.73. The highest BCUT2D eigenvalue weighted by atomic mass is 32.2. The Hall–Kier alpha value is -2.44. The van der Waals surface area contributed by atoms with Crippen molar-refractivity contribution >= 4 is 26.4 Å². The summed E-state index contributed by atoms with van der Waals surface area (Å²) in [5.74, 6) is 0. The van der Waals surface area contributed by atoms with Crippen LogP contribution in [0.2, 0.25) is 0 Å². The Bertz CT molecular complexity index is 1090. The first-order chi connectivity index (χ1) is 13.5. The van der Waals surface area contributed by atoms with E-state index in [-0.39, 0.29) is 0 Å². The molecule has 4 rings (SSSR count). The third kappa shape index (κ3) is 3.38. The van der Waals surface area contributed by atoms with Crippen LogP contribution in [0.5, 0.6) is 0 Å². The van der Waals surface area contributed by atoms with Gasteiger partial charge in [0.1, 0.15) is 0 Å². The lowest BCUT2D eigenvalue weighted by Crippen LogP contribution is -3.12. The maximum atomic E-state index is 13.5. The second kappa shape index (κ2) is 7.53. The number of sulfone groups is 1. The summed E-state index contributed by atoms with van der Waals surface area (Å²) in [7, 11) is -1.44. The van der Waals surface area contributed by atoms with Gasteiger partial charge in [-0.25, -0.2) is 13.4 Å². The molecular weight excluding hydrogens is 370 g/mol. The number of hydrogen-bond acceptors (Lipinski definition) is 3. The third-order valence-electron chi connectivity index (χ3n) is 5.62. The van der Waals surface area contributed by atoms with E-state index in [9.17, 15) is 8.42 Å². The number of piperazine rings is 1. The molecule has 28 heavy (non-hydrogen) atoms. The molecule has 0 saturated carbocycles. The van der Waals surface area contributed by atoms with Gasteiger partial charge in [0.2, 0.25) is 15.4 Å². The first-order valence-corrected chi connectivity index (χ1v) is 11.3. The molecule has 1 aromatic heterocycles. The summed E-state index contributed by atoms with van der Waals surface area (Å²) in [6, 6.07) is 15.0. The Kier molecular flexibility index (Phi) is 5.08. The van der Waals surface area contributed by atoms with Crippen LogP contribution in [0.1, 0.15) is 12.5 Å². The molecule has 0 spiro atoms. The van der Waals surface area contributed by atoms with Gasteiger partial charge in [-0.2, -0.15) is 0 Å². The Labute approximate surface area is 166 Å². The zero-order valence-corrected chi connectivity index (χ0v) is 17.2. The molecule has 0 aliphatic carbocycles. The van der Waals surface area contributed by atoms with Gasteiger partial charge < -0.3 is 9.80 Å². The van der Waals surface area contributed by atoms with Crippen LogP contribution in [0.15, 0.2) is 64.5 Å². The number of likely N-dealkylation sites (N-methyl/N-ethyl adjacent to an activating group) is 1. The number of aryl methyl sites for hydroxylation is 1. The minimum absolute atomic E-state index is 0.329. The number of benzene rings is 2. The van der Waals surface area contributed by atoms with Crippen LogP contribution in [-0.4, -0.2) is 41.6 Å². The molecule has 0 radical (unpaired) electrons. The Morgan fingerprint density at radius 3 is 2.46 bits per heavy atom. The Morgan fingerprint density at radius 1 is 1.07 bits per heavy atom. The molecule has 2 N–H and O–H groups in total. The zero-order valence-electron chi connectivity index (χ0n) is 16.4. The van der Waals surface area contributed by atoms with Crippen LogP contribution in [0.25, 0.3) is 10.9 Å². The molecule has 1 fully saturated rings. The molecule has 0 amide bonds. The minimum Gasteiger partial charge on any atom is -0.358 e. The first-order valence-electron chi connectivity index (χ1n) is 9.84. The van der Waals surface area contributed by atoms with E-state index in [1.165, 1.54) is 10.5 Å². The third-order valence-corrected chi connectivity index (χ3v) is 7.40. The molecule has 0 bridgehead atoms.